The number of amides is 3. The molecular weight excluding hydrogens is 332 g/mol. The molecule has 1 atom stereocenters. The van der Waals surface area contributed by atoms with E-state index in [1.165, 1.54) is 6.07 Å². The Labute approximate surface area is 137 Å². The Hall–Kier alpha value is -1.53. The maximum Gasteiger partial charge on any atom is 0.312 e. The maximum atomic E-state index is 13.6. The number of benzene rings is 1. The van der Waals surface area contributed by atoms with Crippen LogP contribution in [0.4, 0.5) is 9.18 Å². The predicted octanol–water partition coefficient (Wildman–Crippen LogP) is 2.80. The molecular formula is C14H16Cl2FN3O2. The van der Waals surface area contributed by atoms with Gasteiger partial charge in [0.15, 0.2) is 0 Å². The van der Waals surface area contributed by atoms with Crippen LogP contribution in [0.25, 0.3) is 0 Å². The Kier molecular flexibility index (Phi) is 5.47. The molecule has 0 saturated carbocycles. The summed E-state index contributed by atoms with van der Waals surface area (Å²) in [4.78, 5) is 25.1. The van der Waals surface area contributed by atoms with E-state index in [9.17, 15) is 14.0 Å². The summed E-state index contributed by atoms with van der Waals surface area (Å²) in [5.74, 6) is -1.07. The minimum Gasteiger partial charge on any atom is -0.352 e. The molecule has 5 nitrogen and oxygen atoms in total. The number of rotatable bonds is 3. The number of carbonyl (C=O) groups excluding carboxylic acids is 2. The van der Waals surface area contributed by atoms with E-state index in [4.69, 9.17) is 28.9 Å². The van der Waals surface area contributed by atoms with Gasteiger partial charge in [-0.15, -0.1) is 0 Å². The number of urea groups is 1. The van der Waals surface area contributed by atoms with Crippen LogP contribution in [-0.2, 0) is 0 Å². The van der Waals surface area contributed by atoms with E-state index in [1.54, 1.807) is 4.90 Å². The molecule has 22 heavy (non-hydrogen) atoms. The molecule has 1 fully saturated rings. The van der Waals surface area contributed by atoms with Gasteiger partial charge in [0.2, 0.25) is 0 Å². The van der Waals surface area contributed by atoms with Gasteiger partial charge in [0, 0.05) is 19.1 Å². The van der Waals surface area contributed by atoms with Crippen LogP contribution in [0.15, 0.2) is 12.1 Å². The third-order valence-electron chi connectivity index (χ3n) is 3.64. The molecule has 0 spiro atoms. The van der Waals surface area contributed by atoms with Crippen molar-refractivity contribution in [3.05, 3.63) is 33.6 Å². The highest BCUT2D eigenvalue weighted by atomic mass is 35.5. The highest BCUT2D eigenvalue weighted by molar-refractivity contribution is 6.36. The van der Waals surface area contributed by atoms with Gasteiger partial charge < -0.3 is 16.0 Å². The molecule has 1 aromatic carbocycles. The lowest BCUT2D eigenvalue weighted by Crippen LogP contribution is -2.50. The van der Waals surface area contributed by atoms with Crippen molar-refractivity contribution in [2.24, 2.45) is 5.73 Å². The average molecular weight is 348 g/mol. The molecule has 120 valence electrons. The molecule has 3 amide bonds. The van der Waals surface area contributed by atoms with Gasteiger partial charge in [-0.1, -0.05) is 23.2 Å². The van der Waals surface area contributed by atoms with Crippen molar-refractivity contribution in [1.82, 2.24) is 10.2 Å². The Morgan fingerprint density at radius 2 is 2.05 bits per heavy atom. The molecule has 1 unspecified atom stereocenters. The van der Waals surface area contributed by atoms with Crippen LogP contribution in [0.1, 0.15) is 29.6 Å². The summed E-state index contributed by atoms with van der Waals surface area (Å²) in [5.41, 5.74) is 5.13. The fraction of sp³-hybridized carbons (Fsp3) is 0.429. The SMILES string of the molecule is NC(=O)NCC1CCCCN1C(=O)c1cc(F)c(Cl)cc1Cl. The highest BCUT2D eigenvalue weighted by Crippen LogP contribution is 2.27. The molecule has 0 aliphatic carbocycles. The van der Waals surface area contributed by atoms with Crippen LogP contribution in [-0.4, -0.2) is 36.0 Å². The van der Waals surface area contributed by atoms with Gasteiger partial charge in [0.05, 0.1) is 15.6 Å². The third kappa shape index (κ3) is 3.81. The highest BCUT2D eigenvalue weighted by Gasteiger charge is 2.29. The molecule has 3 N–H and O–H groups in total. The predicted molar refractivity (Wildman–Crippen MR) is 82.7 cm³/mol. The quantitative estimate of drug-likeness (QED) is 0.825. The summed E-state index contributed by atoms with van der Waals surface area (Å²) in [7, 11) is 0. The Morgan fingerprint density at radius 3 is 2.73 bits per heavy atom. The van der Waals surface area contributed by atoms with E-state index < -0.39 is 11.8 Å². The largest absolute Gasteiger partial charge is 0.352 e. The lowest BCUT2D eigenvalue weighted by Gasteiger charge is -2.36. The normalized spacial score (nSPS) is 18.1. The zero-order valence-corrected chi connectivity index (χ0v) is 13.3. The number of nitrogens with two attached hydrogens (primary N) is 1. The van der Waals surface area contributed by atoms with Gasteiger partial charge in [-0.25, -0.2) is 9.18 Å². The summed E-state index contributed by atoms with van der Waals surface area (Å²) in [6.07, 6.45) is 2.52. The molecule has 1 aliphatic rings. The minimum atomic E-state index is -0.696. The third-order valence-corrected chi connectivity index (χ3v) is 4.24. The van der Waals surface area contributed by atoms with Crippen LogP contribution in [0.5, 0.6) is 0 Å². The van der Waals surface area contributed by atoms with E-state index in [0.717, 1.165) is 25.3 Å². The van der Waals surface area contributed by atoms with Gasteiger partial charge in [-0.05, 0) is 31.4 Å². The van der Waals surface area contributed by atoms with Crippen LogP contribution in [0.2, 0.25) is 10.0 Å². The lowest BCUT2D eigenvalue weighted by atomic mass is 10.0. The Balaban J connectivity index is 2.21. The van der Waals surface area contributed by atoms with Gasteiger partial charge >= 0.3 is 6.03 Å². The Bertz CT molecular complexity index is 598. The topological polar surface area (TPSA) is 75.4 Å². The smallest absolute Gasteiger partial charge is 0.312 e. The fourth-order valence-corrected chi connectivity index (χ4v) is 3.00. The summed E-state index contributed by atoms with van der Waals surface area (Å²) >= 11 is 11.6. The van der Waals surface area contributed by atoms with E-state index in [2.05, 4.69) is 5.32 Å². The van der Waals surface area contributed by atoms with Crippen molar-refractivity contribution < 1.29 is 14.0 Å². The number of primary amides is 1. The van der Waals surface area contributed by atoms with Gasteiger partial charge in [0.25, 0.3) is 5.91 Å². The molecule has 8 heteroatoms. The molecule has 1 heterocycles. The van der Waals surface area contributed by atoms with E-state index in [0.29, 0.717) is 6.54 Å². The van der Waals surface area contributed by atoms with Crippen LogP contribution < -0.4 is 11.1 Å². The maximum absolute atomic E-state index is 13.6. The minimum absolute atomic E-state index is 0.0644. The fourth-order valence-electron chi connectivity index (χ4n) is 2.54. The van der Waals surface area contributed by atoms with E-state index in [-0.39, 0.29) is 34.1 Å². The number of likely N-dealkylation sites (tertiary alicyclic amines) is 1. The number of hydrogen-bond donors (Lipinski definition) is 2. The van der Waals surface area contributed by atoms with Crippen molar-refractivity contribution in [2.75, 3.05) is 13.1 Å². The van der Waals surface area contributed by atoms with Crippen molar-refractivity contribution in [2.45, 2.75) is 25.3 Å². The summed E-state index contributed by atoms with van der Waals surface area (Å²) in [6.45, 7) is 0.777. The van der Waals surface area contributed by atoms with Crippen LogP contribution in [0.3, 0.4) is 0 Å². The number of carbonyl (C=O) groups is 2. The van der Waals surface area contributed by atoms with Crippen molar-refractivity contribution in [1.29, 1.82) is 0 Å². The van der Waals surface area contributed by atoms with Gasteiger partial charge in [-0.2, -0.15) is 0 Å². The number of nitrogens with zero attached hydrogens (tertiary/aromatic N) is 1. The molecule has 2 rings (SSSR count). The van der Waals surface area contributed by atoms with Crippen molar-refractivity contribution in [3.8, 4) is 0 Å². The second kappa shape index (κ2) is 7.15. The number of nitrogens with one attached hydrogen (secondary N) is 1. The van der Waals surface area contributed by atoms with Crippen LogP contribution in [0, 0.1) is 5.82 Å². The summed E-state index contributed by atoms with van der Waals surface area (Å²) in [6, 6.07) is 1.42. The van der Waals surface area contributed by atoms with Gasteiger partial charge in [-0.3, -0.25) is 4.79 Å². The Morgan fingerprint density at radius 1 is 1.32 bits per heavy atom. The molecule has 0 radical (unpaired) electrons. The zero-order valence-electron chi connectivity index (χ0n) is 11.7. The lowest BCUT2D eigenvalue weighted by molar-refractivity contribution is 0.0615. The molecule has 1 aliphatic heterocycles. The summed E-state index contributed by atoms with van der Waals surface area (Å²) < 4.78 is 13.6. The molecule has 0 aromatic heterocycles. The first-order valence-electron chi connectivity index (χ1n) is 6.89. The first kappa shape index (κ1) is 16.8. The second-order valence-corrected chi connectivity index (χ2v) is 5.95. The van der Waals surface area contributed by atoms with E-state index in [1.807, 2.05) is 0 Å². The molecule has 0 bridgehead atoms. The number of hydrogen-bond acceptors (Lipinski definition) is 2. The van der Waals surface area contributed by atoms with Crippen molar-refractivity contribution >= 4 is 35.1 Å². The number of piperidine rings is 1. The average Bonchev–Trinajstić information content (AvgIpc) is 2.48. The zero-order chi connectivity index (χ0) is 16.3. The molecule has 1 aromatic rings. The standard InChI is InChI=1S/C14H16Cl2FN3O2/c15-10-6-11(16)12(17)5-9(10)13(21)20-4-2-1-3-8(20)7-19-14(18)22/h5-6,8H,1-4,7H2,(H3,18,19,22). The summed E-state index contributed by atoms with van der Waals surface area (Å²) in [5, 5.41) is 2.47. The molecule has 1 saturated heterocycles. The van der Waals surface area contributed by atoms with E-state index >= 15 is 0 Å². The second-order valence-electron chi connectivity index (χ2n) is 5.14. The monoisotopic (exact) mass is 347 g/mol. The first-order valence-corrected chi connectivity index (χ1v) is 7.64. The van der Waals surface area contributed by atoms with Gasteiger partial charge in [0.1, 0.15) is 5.82 Å². The van der Waals surface area contributed by atoms with Crippen molar-refractivity contribution in [3.63, 3.8) is 0 Å². The van der Waals surface area contributed by atoms with Crippen LogP contribution >= 0.6 is 23.2 Å². The first-order chi connectivity index (χ1) is 10.4. The number of halogens is 3.